The Labute approximate surface area is 153 Å². The molecule has 2 rings (SSSR count). The number of aryl methyl sites for hydroxylation is 1. The summed E-state index contributed by atoms with van der Waals surface area (Å²) in [4.78, 5) is 17.8. The lowest BCUT2D eigenvalue weighted by atomic mass is 10.1. The van der Waals surface area contributed by atoms with Crippen LogP contribution in [0.2, 0.25) is 0 Å². The molecule has 6 heteroatoms. The van der Waals surface area contributed by atoms with E-state index >= 15 is 0 Å². The molecule has 0 bridgehead atoms. The van der Waals surface area contributed by atoms with Gasteiger partial charge in [-0.1, -0.05) is 13.8 Å². The first-order valence-corrected chi connectivity index (χ1v) is 9.43. The van der Waals surface area contributed by atoms with Gasteiger partial charge in [0, 0.05) is 18.2 Å². The number of amides is 1. The fourth-order valence-corrected chi connectivity index (χ4v) is 3.59. The largest absolute Gasteiger partial charge is 0.490 e. The molecule has 0 aliphatic carbocycles. The predicted octanol–water partition coefficient (Wildman–Crippen LogP) is 4.70. The molecule has 136 valence electrons. The quantitative estimate of drug-likeness (QED) is 0.739. The number of thiazole rings is 1. The second-order valence-electron chi connectivity index (χ2n) is 6.10. The molecule has 2 aromatic rings. The highest BCUT2D eigenvalue weighted by atomic mass is 32.1. The van der Waals surface area contributed by atoms with E-state index in [-0.39, 0.29) is 5.91 Å². The van der Waals surface area contributed by atoms with Crippen LogP contribution in [0.15, 0.2) is 18.2 Å². The number of nitrogens with one attached hydrogen (secondary N) is 1. The monoisotopic (exact) mass is 362 g/mol. The van der Waals surface area contributed by atoms with Crippen LogP contribution in [0.3, 0.4) is 0 Å². The van der Waals surface area contributed by atoms with E-state index in [2.05, 4.69) is 24.1 Å². The molecule has 1 heterocycles. The van der Waals surface area contributed by atoms with E-state index in [0.29, 0.717) is 41.2 Å². The van der Waals surface area contributed by atoms with Gasteiger partial charge in [0.15, 0.2) is 11.5 Å². The number of carbonyl (C=O) groups excluding carboxylic acids is 1. The van der Waals surface area contributed by atoms with Crippen molar-refractivity contribution in [3.8, 4) is 11.5 Å². The summed E-state index contributed by atoms with van der Waals surface area (Å²) in [6, 6.07) is 5.42. The average Bonchev–Trinajstić information content (AvgIpc) is 2.90. The third kappa shape index (κ3) is 5.19. The fourth-order valence-electron chi connectivity index (χ4n) is 2.42. The number of hydrogen-bond acceptors (Lipinski definition) is 5. The molecule has 0 saturated heterocycles. The van der Waals surface area contributed by atoms with Gasteiger partial charge in [0.25, 0.3) is 5.91 Å². The smallest absolute Gasteiger partial charge is 0.267 e. The van der Waals surface area contributed by atoms with Crippen LogP contribution in [0.4, 0.5) is 5.69 Å². The fraction of sp³-hybridized carbons (Fsp3) is 0.474. The van der Waals surface area contributed by atoms with E-state index in [9.17, 15) is 4.79 Å². The number of ether oxygens (including phenoxy) is 2. The Hall–Kier alpha value is -2.08. The molecule has 0 aliphatic heterocycles. The second-order valence-corrected chi connectivity index (χ2v) is 7.19. The van der Waals surface area contributed by atoms with Gasteiger partial charge in [0.2, 0.25) is 0 Å². The summed E-state index contributed by atoms with van der Waals surface area (Å²) < 4.78 is 11.2. The molecule has 0 saturated carbocycles. The molecular weight excluding hydrogens is 336 g/mol. The van der Waals surface area contributed by atoms with Gasteiger partial charge < -0.3 is 14.8 Å². The first-order valence-electron chi connectivity index (χ1n) is 8.61. The van der Waals surface area contributed by atoms with Crippen molar-refractivity contribution in [3.05, 3.63) is 33.8 Å². The summed E-state index contributed by atoms with van der Waals surface area (Å²) in [5.74, 6) is 1.68. The van der Waals surface area contributed by atoms with E-state index in [1.165, 1.54) is 11.3 Å². The van der Waals surface area contributed by atoms with Crippen LogP contribution in [0.1, 0.15) is 48.1 Å². The van der Waals surface area contributed by atoms with Gasteiger partial charge in [0.1, 0.15) is 4.88 Å². The minimum atomic E-state index is -0.142. The molecule has 0 aliphatic rings. The van der Waals surface area contributed by atoms with Crippen LogP contribution in [-0.4, -0.2) is 24.1 Å². The summed E-state index contributed by atoms with van der Waals surface area (Å²) in [6.45, 7) is 11.1. The SMILES string of the molecule is CCOc1ccc(NC(=O)c2sc(CC(C)C)nc2C)cc1OCC. The van der Waals surface area contributed by atoms with Crippen LogP contribution in [0.5, 0.6) is 11.5 Å². The standard InChI is InChI=1S/C19H26N2O3S/c1-6-23-15-9-8-14(11-16(15)24-7-2)21-19(22)18-13(5)20-17(25-18)10-12(3)4/h8-9,11-12H,6-7,10H2,1-5H3,(H,21,22). The van der Waals surface area contributed by atoms with Gasteiger partial charge in [-0.3, -0.25) is 4.79 Å². The van der Waals surface area contributed by atoms with Crippen LogP contribution >= 0.6 is 11.3 Å². The maximum absolute atomic E-state index is 12.6. The number of benzene rings is 1. The van der Waals surface area contributed by atoms with E-state index in [1.807, 2.05) is 32.9 Å². The van der Waals surface area contributed by atoms with E-state index in [4.69, 9.17) is 9.47 Å². The number of carbonyl (C=O) groups is 1. The van der Waals surface area contributed by atoms with Crippen molar-refractivity contribution in [2.75, 3.05) is 18.5 Å². The highest BCUT2D eigenvalue weighted by Crippen LogP contribution is 2.31. The summed E-state index contributed by atoms with van der Waals surface area (Å²) >= 11 is 1.46. The van der Waals surface area contributed by atoms with Gasteiger partial charge in [0.05, 0.1) is 23.9 Å². The number of anilines is 1. The molecule has 5 nitrogen and oxygen atoms in total. The molecule has 0 unspecified atom stereocenters. The van der Waals surface area contributed by atoms with Crippen molar-refractivity contribution in [2.24, 2.45) is 5.92 Å². The first kappa shape index (κ1) is 19.2. The van der Waals surface area contributed by atoms with Gasteiger partial charge in [-0.15, -0.1) is 11.3 Å². The zero-order valence-corrected chi connectivity index (χ0v) is 16.3. The Bertz CT molecular complexity index is 725. The topological polar surface area (TPSA) is 60.5 Å². The van der Waals surface area contributed by atoms with Gasteiger partial charge in [-0.2, -0.15) is 0 Å². The first-order chi connectivity index (χ1) is 11.9. The van der Waals surface area contributed by atoms with Gasteiger partial charge in [-0.25, -0.2) is 4.98 Å². The number of hydrogen-bond donors (Lipinski definition) is 1. The second kappa shape index (κ2) is 8.85. The van der Waals surface area contributed by atoms with Crippen LogP contribution in [-0.2, 0) is 6.42 Å². The highest BCUT2D eigenvalue weighted by Gasteiger charge is 2.17. The Morgan fingerprint density at radius 3 is 2.52 bits per heavy atom. The lowest BCUT2D eigenvalue weighted by Gasteiger charge is -2.12. The summed E-state index contributed by atoms with van der Waals surface area (Å²) in [6.07, 6.45) is 0.885. The van der Waals surface area contributed by atoms with Crippen molar-refractivity contribution < 1.29 is 14.3 Å². The van der Waals surface area contributed by atoms with Gasteiger partial charge in [-0.05, 0) is 38.8 Å². The molecule has 0 fully saturated rings. The van der Waals surface area contributed by atoms with Crippen molar-refractivity contribution in [1.29, 1.82) is 0 Å². The minimum Gasteiger partial charge on any atom is -0.490 e. The Morgan fingerprint density at radius 2 is 1.88 bits per heavy atom. The van der Waals surface area contributed by atoms with Gasteiger partial charge >= 0.3 is 0 Å². The maximum atomic E-state index is 12.6. The third-order valence-electron chi connectivity index (χ3n) is 3.43. The molecule has 1 amide bonds. The molecule has 0 atom stereocenters. The number of rotatable bonds is 8. The maximum Gasteiger partial charge on any atom is 0.267 e. The lowest BCUT2D eigenvalue weighted by molar-refractivity contribution is 0.103. The zero-order chi connectivity index (χ0) is 18.4. The Kier molecular flexibility index (Phi) is 6.82. The molecule has 0 spiro atoms. The predicted molar refractivity (Wildman–Crippen MR) is 102 cm³/mol. The molecule has 25 heavy (non-hydrogen) atoms. The number of nitrogens with zero attached hydrogens (tertiary/aromatic N) is 1. The van der Waals surface area contributed by atoms with Crippen LogP contribution < -0.4 is 14.8 Å². The van der Waals surface area contributed by atoms with E-state index < -0.39 is 0 Å². The summed E-state index contributed by atoms with van der Waals surface area (Å²) in [5.41, 5.74) is 1.45. The molecule has 1 aromatic heterocycles. The lowest BCUT2D eigenvalue weighted by Crippen LogP contribution is -2.11. The number of aromatic nitrogens is 1. The van der Waals surface area contributed by atoms with Crippen molar-refractivity contribution in [1.82, 2.24) is 4.98 Å². The van der Waals surface area contributed by atoms with E-state index in [0.717, 1.165) is 17.1 Å². The molecule has 1 N–H and O–H groups in total. The zero-order valence-electron chi connectivity index (χ0n) is 15.5. The summed E-state index contributed by atoms with van der Waals surface area (Å²) in [7, 11) is 0. The average molecular weight is 362 g/mol. The molecular formula is C19H26N2O3S. The van der Waals surface area contributed by atoms with E-state index in [1.54, 1.807) is 6.07 Å². The molecule has 0 radical (unpaired) electrons. The van der Waals surface area contributed by atoms with Crippen molar-refractivity contribution in [2.45, 2.75) is 41.0 Å². The molecule has 1 aromatic carbocycles. The minimum absolute atomic E-state index is 0.142. The van der Waals surface area contributed by atoms with Crippen molar-refractivity contribution in [3.63, 3.8) is 0 Å². The van der Waals surface area contributed by atoms with Crippen LogP contribution in [0.25, 0.3) is 0 Å². The third-order valence-corrected chi connectivity index (χ3v) is 4.61. The normalized spacial score (nSPS) is 10.8. The van der Waals surface area contributed by atoms with Crippen molar-refractivity contribution >= 4 is 22.9 Å². The Morgan fingerprint density at radius 1 is 1.20 bits per heavy atom. The van der Waals surface area contributed by atoms with Crippen LogP contribution in [0, 0.1) is 12.8 Å². The Balaban J connectivity index is 2.17. The summed E-state index contributed by atoms with van der Waals surface area (Å²) in [5, 5.41) is 3.93. The highest BCUT2D eigenvalue weighted by molar-refractivity contribution is 7.13.